The number of benzene rings is 2. The fourth-order valence-electron chi connectivity index (χ4n) is 3.66. The van der Waals surface area contributed by atoms with Crippen molar-refractivity contribution >= 4 is 34.4 Å². The van der Waals surface area contributed by atoms with Gasteiger partial charge in [0.1, 0.15) is 23.9 Å². The van der Waals surface area contributed by atoms with Gasteiger partial charge in [-0.15, -0.1) is 5.10 Å². The highest BCUT2D eigenvalue weighted by molar-refractivity contribution is 7.92. The van der Waals surface area contributed by atoms with E-state index in [-0.39, 0.29) is 14.9 Å². The lowest BCUT2D eigenvalue weighted by Gasteiger charge is -2.41. The molecule has 0 saturated carbocycles. The van der Waals surface area contributed by atoms with E-state index in [9.17, 15) is 41.8 Å². The normalized spacial score (nSPS) is 25.2. The number of rotatable bonds is 5. The van der Waals surface area contributed by atoms with Gasteiger partial charge in [0.05, 0.1) is 28.4 Å². The Morgan fingerprint density at radius 3 is 2.17 bits per heavy atom. The summed E-state index contributed by atoms with van der Waals surface area (Å²) in [4.78, 5) is 0.0703. The summed E-state index contributed by atoms with van der Waals surface area (Å²) < 4.78 is 88.3. The third kappa shape index (κ3) is 4.56. The van der Waals surface area contributed by atoms with Crippen LogP contribution in [0.4, 0.5) is 22.0 Å². The number of nitrogens with zero attached hydrogens (tertiary/aromatic N) is 3. The average molecular weight is 574 g/mol. The number of halogens is 7. The van der Waals surface area contributed by atoms with Crippen molar-refractivity contribution < 1.29 is 46.6 Å². The molecule has 1 saturated heterocycles. The summed E-state index contributed by atoms with van der Waals surface area (Å²) in [6.07, 6.45) is -4.26. The highest BCUT2D eigenvalue weighted by Crippen LogP contribution is 2.37. The first-order valence-corrected chi connectivity index (χ1v) is 11.9. The van der Waals surface area contributed by atoms with Crippen LogP contribution in [0.2, 0.25) is 10.0 Å². The Hall–Kier alpha value is -2.04. The topological polar surface area (TPSA) is 124 Å². The minimum atomic E-state index is -2.37. The maximum absolute atomic E-state index is 14.2. The van der Waals surface area contributed by atoms with Gasteiger partial charge in [-0.25, -0.2) is 26.6 Å². The van der Waals surface area contributed by atoms with Crippen LogP contribution < -0.4 is 0 Å². The van der Waals surface area contributed by atoms with E-state index < -0.39 is 87.9 Å². The molecule has 3 unspecified atom stereocenters. The van der Waals surface area contributed by atoms with E-state index in [0.29, 0.717) is 10.9 Å². The summed E-state index contributed by atoms with van der Waals surface area (Å²) in [5.74, 6) is -11.1. The van der Waals surface area contributed by atoms with Gasteiger partial charge < -0.3 is 24.6 Å². The maximum atomic E-state index is 14.2. The Morgan fingerprint density at radius 1 is 0.972 bits per heavy atom. The standard InChI is InChI=1S/C20H14Cl2F5N3O5S/c21-7-2-1-6(3-8(7)22)36(34)20-19(33)17(18(32)10(5-31)35-20)30-4-9(28-29-30)11-12(23)14(25)16(27)15(26)13(11)24/h1-4,10,17-20,31-33H,5H2/t10?,17-,18-,19?,20+,36?/m0/s1. The lowest BCUT2D eigenvalue weighted by molar-refractivity contribution is -0.180. The zero-order valence-electron chi connectivity index (χ0n) is 17.5. The van der Waals surface area contributed by atoms with Crippen molar-refractivity contribution in [2.24, 2.45) is 0 Å². The highest BCUT2D eigenvalue weighted by atomic mass is 35.5. The molecule has 1 aliphatic rings. The minimum Gasteiger partial charge on any atom is -0.609 e. The van der Waals surface area contributed by atoms with Crippen LogP contribution in [0.15, 0.2) is 29.3 Å². The van der Waals surface area contributed by atoms with Gasteiger partial charge in [-0.3, -0.25) is 0 Å². The average Bonchev–Trinajstić information content (AvgIpc) is 3.32. The third-order valence-corrected chi connectivity index (χ3v) is 7.73. The number of ether oxygens (including phenoxy) is 1. The molecule has 0 spiro atoms. The third-order valence-electron chi connectivity index (χ3n) is 5.46. The molecule has 1 aromatic heterocycles. The van der Waals surface area contributed by atoms with E-state index >= 15 is 0 Å². The Bertz CT molecular complexity index is 1280. The van der Waals surface area contributed by atoms with Gasteiger partial charge in [0.25, 0.3) is 0 Å². The predicted molar refractivity (Wildman–Crippen MR) is 115 cm³/mol. The monoisotopic (exact) mass is 573 g/mol. The van der Waals surface area contributed by atoms with Crippen molar-refractivity contribution in [3.63, 3.8) is 0 Å². The second-order valence-electron chi connectivity index (χ2n) is 7.60. The molecule has 6 atom stereocenters. The number of aliphatic hydroxyl groups excluding tert-OH is 3. The molecule has 0 bridgehead atoms. The Kier molecular flexibility index (Phi) is 7.78. The predicted octanol–water partition coefficient (Wildman–Crippen LogP) is 2.74. The molecule has 1 fully saturated rings. The fraction of sp³-hybridized carbons (Fsp3) is 0.300. The Morgan fingerprint density at radius 2 is 1.58 bits per heavy atom. The summed E-state index contributed by atoms with van der Waals surface area (Å²) in [6.45, 7) is -0.807. The summed E-state index contributed by atoms with van der Waals surface area (Å²) in [5.41, 5.74) is -3.78. The summed E-state index contributed by atoms with van der Waals surface area (Å²) >= 11 is 9.64. The zero-order chi connectivity index (χ0) is 26.5. The quantitative estimate of drug-likeness (QED) is 0.185. The molecule has 194 valence electrons. The number of hydrogen-bond acceptors (Lipinski definition) is 7. The van der Waals surface area contributed by atoms with Crippen molar-refractivity contribution in [1.82, 2.24) is 15.0 Å². The van der Waals surface area contributed by atoms with Crippen LogP contribution in [0.3, 0.4) is 0 Å². The van der Waals surface area contributed by atoms with Crippen molar-refractivity contribution in [3.05, 3.63) is 63.5 Å². The van der Waals surface area contributed by atoms with Crippen molar-refractivity contribution in [1.29, 1.82) is 0 Å². The van der Waals surface area contributed by atoms with E-state index in [1.165, 1.54) is 18.2 Å². The molecule has 8 nitrogen and oxygen atoms in total. The van der Waals surface area contributed by atoms with Gasteiger partial charge in [0.2, 0.25) is 11.3 Å². The van der Waals surface area contributed by atoms with Crippen molar-refractivity contribution in [3.8, 4) is 11.3 Å². The molecule has 0 aliphatic carbocycles. The van der Waals surface area contributed by atoms with Crippen LogP contribution in [-0.4, -0.2) is 65.2 Å². The first-order chi connectivity index (χ1) is 17.0. The molecule has 3 N–H and O–H groups in total. The van der Waals surface area contributed by atoms with Gasteiger partial charge >= 0.3 is 0 Å². The second kappa shape index (κ2) is 10.4. The van der Waals surface area contributed by atoms with Crippen LogP contribution in [0, 0.1) is 29.1 Å². The van der Waals surface area contributed by atoms with Crippen molar-refractivity contribution in [2.75, 3.05) is 6.61 Å². The zero-order valence-corrected chi connectivity index (χ0v) is 19.8. The summed E-state index contributed by atoms with van der Waals surface area (Å²) in [5, 5.41) is 38.3. The van der Waals surface area contributed by atoms with Crippen LogP contribution >= 0.6 is 23.2 Å². The van der Waals surface area contributed by atoms with Gasteiger partial charge in [0.15, 0.2) is 34.3 Å². The van der Waals surface area contributed by atoms with Crippen LogP contribution in [0.25, 0.3) is 11.3 Å². The van der Waals surface area contributed by atoms with Gasteiger partial charge in [-0.05, 0) is 12.1 Å². The summed E-state index contributed by atoms with van der Waals surface area (Å²) in [6, 6.07) is 2.36. The lowest BCUT2D eigenvalue weighted by atomic mass is 9.97. The van der Waals surface area contributed by atoms with Gasteiger partial charge in [0, 0.05) is 17.2 Å². The molecule has 4 rings (SSSR count). The SMILES string of the molecule is [O-][S+](c1ccc(Cl)c(Cl)c1)[C@H]1OC(CO)[C@H](O)[C@H](n2cc(-c3c(F)c(F)c(F)c(F)c3F)nn2)C1O. The molecule has 16 heteroatoms. The fourth-order valence-corrected chi connectivity index (χ4v) is 5.39. The molecule has 3 aromatic rings. The van der Waals surface area contributed by atoms with Crippen LogP contribution in [0.5, 0.6) is 0 Å². The van der Waals surface area contributed by atoms with Crippen LogP contribution in [-0.2, 0) is 15.9 Å². The molecule has 2 heterocycles. The molecular formula is C20H14Cl2F5N3O5S. The maximum Gasteiger partial charge on any atom is 0.250 e. The molecule has 2 aromatic carbocycles. The second-order valence-corrected chi connectivity index (χ2v) is 9.94. The van der Waals surface area contributed by atoms with E-state index in [4.69, 9.17) is 27.9 Å². The highest BCUT2D eigenvalue weighted by Gasteiger charge is 2.51. The Labute approximate surface area is 212 Å². The van der Waals surface area contributed by atoms with E-state index in [2.05, 4.69) is 10.3 Å². The first kappa shape index (κ1) is 27.0. The molecule has 0 amide bonds. The van der Waals surface area contributed by atoms with Crippen LogP contribution in [0.1, 0.15) is 6.04 Å². The van der Waals surface area contributed by atoms with Gasteiger partial charge in [-0.1, -0.05) is 28.4 Å². The summed E-state index contributed by atoms with van der Waals surface area (Å²) in [7, 11) is 0. The lowest BCUT2D eigenvalue weighted by Crippen LogP contribution is -2.58. The number of aromatic nitrogens is 3. The molecule has 1 aliphatic heterocycles. The van der Waals surface area contributed by atoms with Gasteiger partial charge in [-0.2, -0.15) is 0 Å². The number of aliphatic hydroxyl groups is 3. The van der Waals surface area contributed by atoms with E-state index in [1.807, 2.05) is 0 Å². The number of hydrogen-bond donors (Lipinski definition) is 3. The largest absolute Gasteiger partial charge is 0.609 e. The molecule has 0 radical (unpaired) electrons. The van der Waals surface area contributed by atoms with E-state index in [0.717, 1.165) is 0 Å². The Balaban J connectivity index is 1.73. The smallest absolute Gasteiger partial charge is 0.250 e. The first-order valence-electron chi connectivity index (χ1n) is 9.89. The minimum absolute atomic E-state index is 0.0480. The van der Waals surface area contributed by atoms with E-state index in [1.54, 1.807) is 0 Å². The van der Waals surface area contributed by atoms with Crippen molar-refractivity contribution in [2.45, 2.75) is 34.7 Å². The molecular weight excluding hydrogens is 560 g/mol. The molecule has 36 heavy (non-hydrogen) atoms.